The first-order valence-corrected chi connectivity index (χ1v) is 14.5. The lowest BCUT2D eigenvalue weighted by molar-refractivity contribution is -0.142. The molecule has 4 aromatic rings. The molecule has 1 aliphatic carbocycles. The molecule has 12 heteroatoms. The van der Waals surface area contributed by atoms with Crippen LogP contribution in [0.2, 0.25) is 0 Å². The first-order chi connectivity index (χ1) is 20.4. The molecule has 220 valence electrons. The number of esters is 1. The highest BCUT2D eigenvalue weighted by Gasteiger charge is 2.17. The first-order valence-electron chi connectivity index (χ1n) is 14.5. The molecule has 4 heterocycles. The molecule has 3 N–H and O–H groups in total. The molecule has 4 aromatic heterocycles. The zero-order chi connectivity index (χ0) is 29.5. The van der Waals surface area contributed by atoms with Crippen molar-refractivity contribution in [2.75, 3.05) is 23.8 Å². The van der Waals surface area contributed by atoms with Crippen molar-refractivity contribution in [3.05, 3.63) is 53.7 Å². The van der Waals surface area contributed by atoms with E-state index >= 15 is 0 Å². The van der Waals surface area contributed by atoms with Crippen molar-refractivity contribution < 1.29 is 14.3 Å². The average Bonchev–Trinajstić information content (AvgIpc) is 3.30. The minimum atomic E-state index is -0.314. The highest BCUT2D eigenvalue weighted by atomic mass is 16.5. The van der Waals surface area contributed by atoms with E-state index in [1.165, 1.54) is 32.1 Å². The molecule has 0 aliphatic heterocycles. The van der Waals surface area contributed by atoms with Gasteiger partial charge in [-0.2, -0.15) is 10.1 Å². The molecule has 0 bridgehead atoms. The molecule has 0 aromatic carbocycles. The maximum Gasteiger partial charge on any atom is 0.311 e. The van der Waals surface area contributed by atoms with Gasteiger partial charge in [-0.05, 0) is 44.4 Å². The smallest absolute Gasteiger partial charge is 0.311 e. The number of carbonyl (C=O) groups is 2. The molecule has 1 fully saturated rings. The Hall–Kier alpha value is -4.61. The topological polar surface area (TPSA) is 149 Å². The average molecular weight is 572 g/mol. The standard InChI is InChI=1S/C30H37N9O3/c1-4-42-26(40)15-22-10-11-23(17-33-22)35-30-34-18-24-27(38-39(3)28(24)37-30)36-25-14-21(16-32-19(25)2)29(41)31-13-12-20-8-6-5-7-9-20/h10-11,14,16-18,20H,4-9,12-13,15H2,1-3H3,(H,31,41)(H,36,38)(H,34,35,37). The van der Waals surface area contributed by atoms with Crippen molar-refractivity contribution >= 4 is 46.1 Å². The summed E-state index contributed by atoms with van der Waals surface area (Å²) < 4.78 is 6.63. The summed E-state index contributed by atoms with van der Waals surface area (Å²) in [6.07, 6.45) is 12.5. The van der Waals surface area contributed by atoms with Crippen LogP contribution in [-0.4, -0.2) is 54.7 Å². The summed E-state index contributed by atoms with van der Waals surface area (Å²) >= 11 is 0. The number of pyridine rings is 2. The van der Waals surface area contributed by atoms with E-state index in [1.807, 2.05) is 6.92 Å². The number of nitrogens with zero attached hydrogens (tertiary/aromatic N) is 6. The van der Waals surface area contributed by atoms with Crippen molar-refractivity contribution in [3.8, 4) is 0 Å². The SMILES string of the molecule is CCOC(=O)Cc1ccc(Nc2ncc3c(Nc4cc(C(=O)NCCC5CCCCC5)cnc4C)nn(C)c3n2)cn1. The van der Waals surface area contributed by atoms with Crippen LogP contribution in [0.4, 0.5) is 23.1 Å². The minimum absolute atomic E-state index is 0.115. The lowest BCUT2D eigenvalue weighted by Gasteiger charge is -2.21. The lowest BCUT2D eigenvalue weighted by Crippen LogP contribution is -2.26. The molecular weight excluding hydrogens is 534 g/mol. The Morgan fingerprint density at radius 3 is 2.64 bits per heavy atom. The van der Waals surface area contributed by atoms with Crippen molar-refractivity contribution in [1.29, 1.82) is 0 Å². The van der Waals surface area contributed by atoms with Crippen LogP contribution < -0.4 is 16.0 Å². The third-order valence-electron chi connectivity index (χ3n) is 7.46. The Kier molecular flexibility index (Phi) is 9.20. The first kappa shape index (κ1) is 28.9. The second kappa shape index (κ2) is 13.4. The number of amides is 1. The van der Waals surface area contributed by atoms with E-state index in [4.69, 9.17) is 4.74 Å². The van der Waals surface area contributed by atoms with Crippen LogP contribution in [0.1, 0.15) is 67.2 Å². The Morgan fingerprint density at radius 1 is 1.05 bits per heavy atom. The Bertz CT molecular complexity index is 1550. The van der Waals surface area contributed by atoms with Crippen LogP contribution in [-0.2, 0) is 23.0 Å². The van der Waals surface area contributed by atoms with Gasteiger partial charge in [0.25, 0.3) is 5.91 Å². The lowest BCUT2D eigenvalue weighted by atomic mass is 9.87. The van der Waals surface area contributed by atoms with Gasteiger partial charge in [-0.25, -0.2) is 9.67 Å². The van der Waals surface area contributed by atoms with E-state index in [9.17, 15) is 9.59 Å². The number of rotatable bonds is 11. The van der Waals surface area contributed by atoms with Gasteiger partial charge in [-0.15, -0.1) is 0 Å². The summed E-state index contributed by atoms with van der Waals surface area (Å²) in [5.41, 5.74) is 3.83. The predicted molar refractivity (Wildman–Crippen MR) is 160 cm³/mol. The summed E-state index contributed by atoms with van der Waals surface area (Å²) in [6, 6.07) is 5.36. The van der Waals surface area contributed by atoms with Crippen LogP contribution in [0.15, 0.2) is 36.8 Å². The number of aromatic nitrogens is 6. The van der Waals surface area contributed by atoms with Crippen LogP contribution in [0.5, 0.6) is 0 Å². The third kappa shape index (κ3) is 7.17. The molecule has 1 aliphatic rings. The van der Waals surface area contributed by atoms with Gasteiger partial charge in [0.05, 0.1) is 52.9 Å². The molecule has 0 unspecified atom stereocenters. The third-order valence-corrected chi connectivity index (χ3v) is 7.46. The molecule has 0 spiro atoms. The van der Waals surface area contributed by atoms with Crippen LogP contribution in [0.25, 0.3) is 11.0 Å². The predicted octanol–water partition coefficient (Wildman–Crippen LogP) is 4.75. The quantitative estimate of drug-likeness (QED) is 0.215. The Labute approximate surface area is 244 Å². The molecule has 1 amide bonds. The number of nitrogens with one attached hydrogen (secondary N) is 3. The second-order valence-corrected chi connectivity index (χ2v) is 10.6. The van der Waals surface area contributed by atoms with Crippen molar-refractivity contribution in [2.24, 2.45) is 13.0 Å². The maximum absolute atomic E-state index is 12.8. The molecule has 5 rings (SSSR count). The van der Waals surface area contributed by atoms with E-state index in [0.29, 0.717) is 64.5 Å². The second-order valence-electron chi connectivity index (χ2n) is 10.6. The van der Waals surface area contributed by atoms with Crippen molar-refractivity contribution in [3.63, 3.8) is 0 Å². The van der Waals surface area contributed by atoms with E-state index in [2.05, 4.69) is 41.0 Å². The molecule has 1 saturated carbocycles. The number of anilines is 4. The fraction of sp³-hybridized carbons (Fsp3) is 0.433. The fourth-order valence-electron chi connectivity index (χ4n) is 5.16. The van der Waals surface area contributed by atoms with Gasteiger partial charge in [0.15, 0.2) is 11.5 Å². The van der Waals surface area contributed by atoms with Gasteiger partial charge in [-0.3, -0.25) is 19.6 Å². The fourth-order valence-corrected chi connectivity index (χ4v) is 5.16. The molecule has 0 radical (unpaired) electrons. The number of carbonyl (C=O) groups excluding carboxylic acids is 2. The van der Waals surface area contributed by atoms with E-state index in [0.717, 1.165) is 12.1 Å². The number of fused-ring (bicyclic) bond motifs is 1. The zero-order valence-corrected chi connectivity index (χ0v) is 24.3. The van der Waals surface area contributed by atoms with Gasteiger partial charge < -0.3 is 20.7 Å². The number of ether oxygens (including phenoxy) is 1. The van der Waals surface area contributed by atoms with E-state index in [1.54, 1.807) is 55.4 Å². The molecule has 12 nitrogen and oxygen atoms in total. The normalized spacial score (nSPS) is 13.6. The zero-order valence-electron chi connectivity index (χ0n) is 24.3. The van der Waals surface area contributed by atoms with Gasteiger partial charge in [0.1, 0.15) is 0 Å². The molecule has 0 saturated heterocycles. The van der Waals surface area contributed by atoms with Crippen molar-refractivity contribution in [2.45, 2.75) is 58.8 Å². The molecular formula is C30H37N9O3. The van der Waals surface area contributed by atoms with Gasteiger partial charge in [0.2, 0.25) is 5.95 Å². The van der Waals surface area contributed by atoms with E-state index in [-0.39, 0.29) is 18.3 Å². The van der Waals surface area contributed by atoms with Crippen LogP contribution in [0.3, 0.4) is 0 Å². The van der Waals surface area contributed by atoms with Gasteiger partial charge in [-0.1, -0.05) is 32.1 Å². The van der Waals surface area contributed by atoms with Gasteiger partial charge >= 0.3 is 5.97 Å². The van der Waals surface area contributed by atoms with Crippen LogP contribution >= 0.6 is 0 Å². The van der Waals surface area contributed by atoms with E-state index < -0.39 is 0 Å². The number of hydrogen-bond acceptors (Lipinski definition) is 10. The number of hydrogen-bond donors (Lipinski definition) is 3. The number of aryl methyl sites for hydroxylation is 2. The summed E-state index contributed by atoms with van der Waals surface area (Å²) in [6.45, 7) is 4.66. The Balaban J connectivity index is 1.24. The van der Waals surface area contributed by atoms with Gasteiger partial charge in [0, 0.05) is 26.0 Å². The Morgan fingerprint density at radius 2 is 1.88 bits per heavy atom. The molecule has 42 heavy (non-hydrogen) atoms. The summed E-state index contributed by atoms with van der Waals surface area (Å²) in [5, 5.41) is 14.8. The maximum atomic E-state index is 12.8. The summed E-state index contributed by atoms with van der Waals surface area (Å²) in [7, 11) is 1.80. The van der Waals surface area contributed by atoms with Crippen molar-refractivity contribution in [1.82, 2.24) is 35.0 Å². The molecule has 0 atom stereocenters. The highest BCUT2D eigenvalue weighted by Crippen LogP contribution is 2.28. The summed E-state index contributed by atoms with van der Waals surface area (Å²) in [5.74, 6) is 1.20. The largest absolute Gasteiger partial charge is 0.466 e. The van der Waals surface area contributed by atoms with Crippen LogP contribution in [0, 0.1) is 12.8 Å². The monoisotopic (exact) mass is 571 g/mol. The summed E-state index contributed by atoms with van der Waals surface area (Å²) in [4.78, 5) is 42.4. The minimum Gasteiger partial charge on any atom is -0.466 e. The highest BCUT2D eigenvalue weighted by molar-refractivity contribution is 5.96.